The zero-order valence-corrected chi connectivity index (χ0v) is 12.6. The lowest BCUT2D eigenvalue weighted by molar-refractivity contribution is -0.0403. The Balaban J connectivity index is 1.77. The Kier molecular flexibility index (Phi) is 3.89. The molecule has 0 radical (unpaired) electrons. The van der Waals surface area contributed by atoms with Gasteiger partial charge in [0.1, 0.15) is 11.1 Å². The molecule has 1 aromatic rings. The summed E-state index contributed by atoms with van der Waals surface area (Å²) in [6.07, 6.45) is 2.69. The van der Waals surface area contributed by atoms with Crippen LogP contribution in [0.25, 0.3) is 0 Å². The molecule has 2 N–H and O–H groups in total. The van der Waals surface area contributed by atoms with Gasteiger partial charge in [0.2, 0.25) is 0 Å². The lowest BCUT2D eigenvalue weighted by atomic mass is 10.2. The maximum Gasteiger partial charge on any atom is 0.123 e. The molecule has 4 nitrogen and oxygen atoms in total. The molecule has 1 saturated carbocycles. The van der Waals surface area contributed by atoms with Gasteiger partial charge in [-0.25, -0.2) is 4.98 Å². The normalized spacial score (nSPS) is 25.2. The molecule has 106 valence electrons. The van der Waals surface area contributed by atoms with E-state index in [4.69, 9.17) is 15.5 Å². The molecule has 2 aliphatic rings. The van der Waals surface area contributed by atoms with E-state index in [2.05, 4.69) is 18.7 Å². The molecule has 1 aromatic heterocycles. The Morgan fingerprint density at radius 3 is 2.89 bits per heavy atom. The van der Waals surface area contributed by atoms with E-state index < -0.39 is 0 Å². The van der Waals surface area contributed by atoms with Gasteiger partial charge < -0.3 is 10.5 Å². The standard InChI is InChI=1S/C14H23N3OS/c1-9(2)17-5-6-18-11(8-17)14-16-13(10-3-4-10)12(7-15)19-14/h9-11H,3-8,15H2,1-2H3. The maximum atomic E-state index is 5.92. The lowest BCUT2D eigenvalue weighted by Gasteiger charge is -2.34. The van der Waals surface area contributed by atoms with E-state index in [0.29, 0.717) is 18.5 Å². The summed E-state index contributed by atoms with van der Waals surface area (Å²) in [4.78, 5) is 8.58. The third-order valence-electron chi connectivity index (χ3n) is 4.00. The zero-order valence-electron chi connectivity index (χ0n) is 11.8. The number of aromatic nitrogens is 1. The maximum absolute atomic E-state index is 5.92. The highest BCUT2D eigenvalue weighted by atomic mass is 32.1. The van der Waals surface area contributed by atoms with E-state index in [-0.39, 0.29) is 6.10 Å². The fourth-order valence-electron chi connectivity index (χ4n) is 2.63. The molecule has 0 spiro atoms. The van der Waals surface area contributed by atoms with Crippen molar-refractivity contribution in [3.8, 4) is 0 Å². The second kappa shape index (κ2) is 5.48. The number of hydrogen-bond acceptors (Lipinski definition) is 5. The topological polar surface area (TPSA) is 51.4 Å². The first-order valence-corrected chi connectivity index (χ1v) is 8.06. The van der Waals surface area contributed by atoms with Crippen LogP contribution in [0.4, 0.5) is 0 Å². The molecule has 2 heterocycles. The van der Waals surface area contributed by atoms with Crippen LogP contribution in [0.15, 0.2) is 0 Å². The van der Waals surface area contributed by atoms with Crippen LogP contribution in [-0.2, 0) is 11.3 Å². The number of thiazole rings is 1. The van der Waals surface area contributed by atoms with Crippen molar-refractivity contribution >= 4 is 11.3 Å². The van der Waals surface area contributed by atoms with Crippen LogP contribution >= 0.6 is 11.3 Å². The van der Waals surface area contributed by atoms with Crippen LogP contribution in [0.1, 0.15) is 54.3 Å². The van der Waals surface area contributed by atoms with E-state index >= 15 is 0 Å². The first kappa shape index (κ1) is 13.5. The SMILES string of the molecule is CC(C)N1CCOC(c2nc(C3CC3)c(CN)s2)C1. The molecule has 19 heavy (non-hydrogen) atoms. The van der Waals surface area contributed by atoms with Crippen molar-refractivity contribution in [1.82, 2.24) is 9.88 Å². The third kappa shape index (κ3) is 2.84. The van der Waals surface area contributed by atoms with Crippen LogP contribution in [-0.4, -0.2) is 35.6 Å². The van der Waals surface area contributed by atoms with E-state index in [1.807, 2.05) is 0 Å². The minimum Gasteiger partial charge on any atom is -0.368 e. The number of morpholine rings is 1. The minimum atomic E-state index is 0.138. The summed E-state index contributed by atoms with van der Waals surface area (Å²) in [6.45, 7) is 7.89. The summed E-state index contributed by atoms with van der Waals surface area (Å²) in [5.74, 6) is 0.674. The van der Waals surface area contributed by atoms with Gasteiger partial charge in [-0.05, 0) is 26.7 Å². The molecular weight excluding hydrogens is 258 g/mol. The van der Waals surface area contributed by atoms with Gasteiger partial charge in [0.05, 0.1) is 12.3 Å². The molecule has 1 aliphatic carbocycles. The predicted molar refractivity (Wildman–Crippen MR) is 77.4 cm³/mol. The van der Waals surface area contributed by atoms with Gasteiger partial charge >= 0.3 is 0 Å². The van der Waals surface area contributed by atoms with E-state index in [9.17, 15) is 0 Å². The third-order valence-corrected chi connectivity index (χ3v) is 5.18. The number of ether oxygens (including phenoxy) is 1. The van der Waals surface area contributed by atoms with Crippen LogP contribution in [0.3, 0.4) is 0 Å². The molecule has 0 aromatic carbocycles. The van der Waals surface area contributed by atoms with Crippen LogP contribution < -0.4 is 5.73 Å². The second-order valence-corrected chi connectivity index (χ2v) is 6.90. The summed E-state index contributed by atoms with van der Waals surface area (Å²) in [5, 5.41) is 1.13. The van der Waals surface area contributed by atoms with E-state index in [0.717, 1.165) is 24.7 Å². The van der Waals surface area contributed by atoms with E-state index in [1.165, 1.54) is 23.4 Å². The van der Waals surface area contributed by atoms with Gasteiger partial charge in [-0.1, -0.05) is 0 Å². The Morgan fingerprint density at radius 2 is 2.26 bits per heavy atom. The average Bonchev–Trinajstić information content (AvgIpc) is 3.18. The molecule has 1 aliphatic heterocycles. The summed E-state index contributed by atoms with van der Waals surface area (Å²) < 4.78 is 5.92. The Hall–Kier alpha value is -0.490. The van der Waals surface area contributed by atoms with Crippen LogP contribution in [0.5, 0.6) is 0 Å². The van der Waals surface area contributed by atoms with Crippen molar-refractivity contribution in [2.75, 3.05) is 19.7 Å². The summed E-state index contributed by atoms with van der Waals surface area (Å²) in [5.41, 5.74) is 7.11. The monoisotopic (exact) mass is 281 g/mol. The van der Waals surface area contributed by atoms with Crippen molar-refractivity contribution in [2.24, 2.45) is 5.73 Å². The van der Waals surface area contributed by atoms with Gasteiger partial charge in [0, 0.05) is 36.5 Å². The van der Waals surface area contributed by atoms with Crippen molar-refractivity contribution in [3.63, 3.8) is 0 Å². The molecule has 3 rings (SSSR count). The quantitative estimate of drug-likeness (QED) is 0.920. The first-order chi connectivity index (χ1) is 9.19. The molecule has 5 heteroatoms. The van der Waals surface area contributed by atoms with Gasteiger partial charge in [0.25, 0.3) is 0 Å². The molecule has 0 amide bonds. The highest BCUT2D eigenvalue weighted by molar-refractivity contribution is 7.11. The molecule has 1 saturated heterocycles. The number of nitrogens with two attached hydrogens (primary N) is 1. The zero-order chi connectivity index (χ0) is 13.4. The fourth-order valence-corrected chi connectivity index (χ4v) is 3.70. The van der Waals surface area contributed by atoms with Gasteiger partial charge in [-0.3, -0.25) is 4.90 Å². The van der Waals surface area contributed by atoms with Gasteiger partial charge in [0.15, 0.2) is 0 Å². The summed E-state index contributed by atoms with van der Waals surface area (Å²) >= 11 is 1.76. The van der Waals surface area contributed by atoms with E-state index in [1.54, 1.807) is 11.3 Å². The Morgan fingerprint density at radius 1 is 1.47 bits per heavy atom. The van der Waals surface area contributed by atoms with Crippen molar-refractivity contribution in [2.45, 2.75) is 51.3 Å². The Bertz CT molecular complexity index is 442. The highest BCUT2D eigenvalue weighted by Crippen LogP contribution is 2.43. The van der Waals surface area contributed by atoms with Gasteiger partial charge in [-0.2, -0.15) is 0 Å². The molecule has 2 fully saturated rings. The van der Waals surface area contributed by atoms with Crippen molar-refractivity contribution in [3.05, 3.63) is 15.6 Å². The smallest absolute Gasteiger partial charge is 0.123 e. The molecule has 1 atom stereocenters. The predicted octanol–water partition coefficient (Wildman–Crippen LogP) is 2.26. The van der Waals surface area contributed by atoms with Crippen molar-refractivity contribution < 1.29 is 4.74 Å². The number of hydrogen-bond donors (Lipinski definition) is 1. The number of nitrogens with zero attached hydrogens (tertiary/aromatic N) is 2. The minimum absolute atomic E-state index is 0.138. The van der Waals surface area contributed by atoms with Gasteiger partial charge in [-0.15, -0.1) is 11.3 Å². The average molecular weight is 281 g/mol. The summed E-state index contributed by atoms with van der Waals surface area (Å²) in [7, 11) is 0. The fraction of sp³-hybridized carbons (Fsp3) is 0.786. The Labute approximate surface area is 119 Å². The largest absolute Gasteiger partial charge is 0.368 e. The first-order valence-electron chi connectivity index (χ1n) is 7.24. The lowest BCUT2D eigenvalue weighted by Crippen LogP contribution is -2.42. The molecular formula is C14H23N3OS. The number of rotatable bonds is 4. The van der Waals surface area contributed by atoms with Crippen molar-refractivity contribution in [1.29, 1.82) is 0 Å². The van der Waals surface area contributed by atoms with Crippen LogP contribution in [0.2, 0.25) is 0 Å². The summed E-state index contributed by atoms with van der Waals surface area (Å²) in [6, 6.07) is 0.572. The highest BCUT2D eigenvalue weighted by Gasteiger charge is 2.32. The second-order valence-electron chi connectivity index (χ2n) is 5.79. The van der Waals surface area contributed by atoms with Crippen LogP contribution in [0, 0.1) is 0 Å². The molecule has 0 bridgehead atoms. The molecule has 1 unspecified atom stereocenters.